The molecule has 16 heavy (non-hydrogen) atoms. The molecule has 3 atom stereocenters. The molecule has 0 aromatic heterocycles. The van der Waals surface area contributed by atoms with Crippen LogP contribution in [0, 0.1) is 11.8 Å². The third-order valence-corrected chi connectivity index (χ3v) is 4.03. The van der Waals surface area contributed by atoms with Crippen molar-refractivity contribution in [3.8, 4) is 0 Å². The van der Waals surface area contributed by atoms with Crippen molar-refractivity contribution in [3.05, 3.63) is 0 Å². The molecule has 0 aromatic carbocycles. The van der Waals surface area contributed by atoms with Crippen molar-refractivity contribution in [2.45, 2.75) is 65.0 Å². The van der Waals surface area contributed by atoms with Crippen LogP contribution in [-0.4, -0.2) is 18.0 Å². The van der Waals surface area contributed by atoms with E-state index in [1.165, 1.54) is 0 Å². The van der Waals surface area contributed by atoms with E-state index in [2.05, 4.69) is 26.1 Å². The molecule has 1 saturated carbocycles. The quantitative estimate of drug-likeness (QED) is 0.771. The fourth-order valence-corrected chi connectivity index (χ4v) is 2.57. The number of amides is 1. The maximum atomic E-state index is 12.1. The van der Waals surface area contributed by atoms with Gasteiger partial charge in [0, 0.05) is 18.0 Å². The lowest BCUT2D eigenvalue weighted by atomic mass is 9.76. The molecule has 0 aliphatic heterocycles. The predicted molar refractivity (Wildman–Crippen MR) is 67.0 cm³/mol. The van der Waals surface area contributed by atoms with Crippen LogP contribution in [0.3, 0.4) is 0 Å². The van der Waals surface area contributed by atoms with E-state index in [1.54, 1.807) is 0 Å². The molecule has 3 N–H and O–H groups in total. The Morgan fingerprint density at radius 1 is 1.38 bits per heavy atom. The Kier molecular flexibility index (Phi) is 5.26. The van der Waals surface area contributed by atoms with Crippen LogP contribution in [0.2, 0.25) is 0 Å². The van der Waals surface area contributed by atoms with Crippen LogP contribution in [0.5, 0.6) is 0 Å². The predicted octanol–water partition coefficient (Wildman–Crippen LogP) is 2.05. The van der Waals surface area contributed by atoms with Crippen molar-refractivity contribution < 1.29 is 4.79 Å². The second kappa shape index (κ2) is 6.24. The summed E-state index contributed by atoms with van der Waals surface area (Å²) in [7, 11) is 0. The summed E-state index contributed by atoms with van der Waals surface area (Å²) in [4.78, 5) is 12.1. The molecule has 1 fully saturated rings. The van der Waals surface area contributed by atoms with E-state index in [0.717, 1.165) is 32.1 Å². The topological polar surface area (TPSA) is 55.1 Å². The Hall–Kier alpha value is -0.570. The molecule has 0 saturated heterocycles. The first-order chi connectivity index (χ1) is 7.60. The molecule has 3 unspecified atom stereocenters. The van der Waals surface area contributed by atoms with Crippen molar-refractivity contribution >= 4 is 5.91 Å². The largest absolute Gasteiger partial charge is 0.353 e. The number of rotatable bonds is 4. The van der Waals surface area contributed by atoms with E-state index in [9.17, 15) is 4.79 Å². The molecular weight excluding hydrogens is 200 g/mol. The van der Waals surface area contributed by atoms with Crippen molar-refractivity contribution in [2.24, 2.45) is 17.6 Å². The molecule has 1 aliphatic rings. The Morgan fingerprint density at radius 3 is 2.56 bits per heavy atom. The number of nitrogens with one attached hydrogen (secondary N) is 1. The molecule has 0 heterocycles. The van der Waals surface area contributed by atoms with E-state index in [4.69, 9.17) is 5.73 Å². The first kappa shape index (κ1) is 13.5. The van der Waals surface area contributed by atoms with E-state index < -0.39 is 0 Å². The summed E-state index contributed by atoms with van der Waals surface area (Å²) in [5.74, 6) is 0.670. The smallest absolute Gasteiger partial charge is 0.223 e. The lowest BCUT2D eigenvalue weighted by Crippen LogP contribution is -2.46. The maximum Gasteiger partial charge on any atom is 0.223 e. The van der Waals surface area contributed by atoms with Crippen LogP contribution in [0.4, 0.5) is 0 Å². The lowest BCUT2D eigenvalue weighted by molar-refractivity contribution is -0.128. The van der Waals surface area contributed by atoms with Crippen molar-refractivity contribution in [2.75, 3.05) is 0 Å². The number of hydrogen-bond acceptors (Lipinski definition) is 2. The molecular formula is C13H26N2O. The Labute approximate surface area is 99.2 Å². The molecule has 1 rings (SSSR count). The lowest BCUT2D eigenvalue weighted by Gasteiger charge is -2.33. The first-order valence-electron chi connectivity index (χ1n) is 6.66. The van der Waals surface area contributed by atoms with Gasteiger partial charge in [0.15, 0.2) is 0 Å². The van der Waals surface area contributed by atoms with Crippen LogP contribution in [-0.2, 0) is 4.79 Å². The molecule has 3 heteroatoms. The minimum atomic E-state index is 0.129. The zero-order valence-corrected chi connectivity index (χ0v) is 10.8. The van der Waals surface area contributed by atoms with Gasteiger partial charge in [0.1, 0.15) is 0 Å². The molecule has 0 aromatic rings. The van der Waals surface area contributed by atoms with E-state index in [-0.39, 0.29) is 17.9 Å². The van der Waals surface area contributed by atoms with Crippen molar-refractivity contribution in [1.82, 2.24) is 5.32 Å². The molecule has 1 amide bonds. The summed E-state index contributed by atoms with van der Waals surface area (Å²) < 4.78 is 0. The molecule has 0 radical (unpaired) electrons. The summed E-state index contributed by atoms with van der Waals surface area (Å²) in [6.07, 6.45) is 5.17. The summed E-state index contributed by atoms with van der Waals surface area (Å²) >= 11 is 0. The van der Waals surface area contributed by atoms with Crippen molar-refractivity contribution in [3.63, 3.8) is 0 Å². The van der Waals surface area contributed by atoms with Crippen LogP contribution < -0.4 is 11.1 Å². The van der Waals surface area contributed by atoms with Gasteiger partial charge in [0.25, 0.3) is 0 Å². The van der Waals surface area contributed by atoms with Crippen molar-refractivity contribution in [1.29, 1.82) is 0 Å². The Balaban J connectivity index is 2.52. The number of carbonyl (C=O) groups is 1. The Bertz CT molecular complexity index is 226. The van der Waals surface area contributed by atoms with Gasteiger partial charge in [-0.1, -0.05) is 27.2 Å². The second-order valence-corrected chi connectivity index (χ2v) is 5.08. The van der Waals surface area contributed by atoms with Gasteiger partial charge in [0.2, 0.25) is 5.91 Å². The average Bonchev–Trinajstić information content (AvgIpc) is 2.29. The second-order valence-electron chi connectivity index (χ2n) is 5.08. The summed E-state index contributed by atoms with van der Waals surface area (Å²) in [6, 6.07) is 0.532. The molecule has 1 aliphatic carbocycles. The highest BCUT2D eigenvalue weighted by atomic mass is 16.1. The van der Waals surface area contributed by atoms with Gasteiger partial charge >= 0.3 is 0 Å². The third kappa shape index (κ3) is 3.21. The van der Waals surface area contributed by atoms with E-state index in [0.29, 0.717) is 12.0 Å². The molecule has 3 nitrogen and oxygen atoms in total. The maximum absolute atomic E-state index is 12.1. The molecule has 0 spiro atoms. The zero-order chi connectivity index (χ0) is 12.1. The highest BCUT2D eigenvalue weighted by Gasteiger charge is 2.32. The Morgan fingerprint density at radius 2 is 2.00 bits per heavy atom. The summed E-state index contributed by atoms with van der Waals surface area (Å²) in [6.45, 7) is 6.34. The molecule has 94 valence electrons. The number of nitrogens with two attached hydrogens (primary N) is 1. The van der Waals surface area contributed by atoms with E-state index >= 15 is 0 Å². The van der Waals surface area contributed by atoms with Crippen LogP contribution in [0.25, 0.3) is 0 Å². The van der Waals surface area contributed by atoms with Gasteiger partial charge in [-0.25, -0.2) is 0 Å². The van der Waals surface area contributed by atoms with Gasteiger partial charge in [-0.2, -0.15) is 0 Å². The van der Waals surface area contributed by atoms with Crippen LogP contribution in [0.15, 0.2) is 0 Å². The van der Waals surface area contributed by atoms with Crippen LogP contribution in [0.1, 0.15) is 52.9 Å². The fourth-order valence-electron chi connectivity index (χ4n) is 2.57. The first-order valence-corrected chi connectivity index (χ1v) is 6.66. The SMILES string of the molecule is CCC(CC)NC(=O)C1CCCC(N)C1C. The zero-order valence-electron chi connectivity index (χ0n) is 10.8. The van der Waals surface area contributed by atoms with Gasteiger partial charge in [-0.05, 0) is 31.6 Å². The standard InChI is InChI=1S/C13H26N2O/c1-4-10(5-2)15-13(16)11-7-6-8-12(14)9(11)3/h9-12H,4-8,14H2,1-3H3,(H,15,16). The third-order valence-electron chi connectivity index (χ3n) is 4.03. The normalized spacial score (nSPS) is 30.4. The summed E-state index contributed by atoms with van der Waals surface area (Å²) in [5, 5.41) is 3.14. The highest BCUT2D eigenvalue weighted by Crippen LogP contribution is 2.29. The minimum absolute atomic E-state index is 0.129. The number of carbonyl (C=O) groups excluding carboxylic acids is 1. The number of hydrogen-bond donors (Lipinski definition) is 2. The monoisotopic (exact) mass is 226 g/mol. The fraction of sp³-hybridized carbons (Fsp3) is 0.923. The average molecular weight is 226 g/mol. The van der Waals surface area contributed by atoms with Gasteiger partial charge in [-0.3, -0.25) is 4.79 Å². The molecule has 0 bridgehead atoms. The minimum Gasteiger partial charge on any atom is -0.353 e. The van der Waals surface area contributed by atoms with Gasteiger partial charge in [-0.15, -0.1) is 0 Å². The van der Waals surface area contributed by atoms with Gasteiger partial charge in [0.05, 0.1) is 0 Å². The summed E-state index contributed by atoms with van der Waals surface area (Å²) in [5.41, 5.74) is 6.02. The van der Waals surface area contributed by atoms with Gasteiger partial charge < -0.3 is 11.1 Å². The highest BCUT2D eigenvalue weighted by molar-refractivity contribution is 5.79. The van der Waals surface area contributed by atoms with E-state index in [1.807, 2.05) is 0 Å². The van der Waals surface area contributed by atoms with Crippen LogP contribution >= 0.6 is 0 Å².